The van der Waals surface area contributed by atoms with Gasteiger partial charge in [0.2, 0.25) is 0 Å². The summed E-state index contributed by atoms with van der Waals surface area (Å²) in [5, 5.41) is 4.11. The number of halogens is 1. The number of nitrogens with zero attached hydrogens (tertiary/aromatic N) is 5. The molecule has 1 aliphatic rings. The monoisotopic (exact) mass is 415 g/mol. The van der Waals surface area contributed by atoms with E-state index >= 15 is 0 Å². The number of imidazole rings is 1. The van der Waals surface area contributed by atoms with E-state index in [9.17, 15) is 4.79 Å². The van der Waals surface area contributed by atoms with Crippen molar-refractivity contribution in [3.8, 4) is 23.0 Å². The molecule has 29 heavy (non-hydrogen) atoms. The topological polar surface area (TPSA) is 151 Å². The molecule has 0 bridgehead atoms. The quantitative estimate of drug-likeness (QED) is 0.515. The Morgan fingerprint density at radius 3 is 2.72 bits per heavy atom. The normalized spacial score (nSPS) is 15.5. The van der Waals surface area contributed by atoms with Crippen molar-refractivity contribution in [2.24, 2.45) is 11.5 Å². The second-order valence-corrected chi connectivity index (χ2v) is 6.94. The van der Waals surface area contributed by atoms with Crippen molar-refractivity contribution in [2.45, 2.75) is 31.2 Å². The average Bonchev–Trinajstić information content (AvgIpc) is 3.46. The van der Waals surface area contributed by atoms with E-state index in [0.29, 0.717) is 23.0 Å². The van der Waals surface area contributed by atoms with Crippen LogP contribution >= 0.6 is 12.4 Å². The minimum atomic E-state index is -0.685. The molecule has 0 saturated heterocycles. The molecule has 0 spiro atoms. The van der Waals surface area contributed by atoms with Gasteiger partial charge in [-0.2, -0.15) is 4.98 Å². The summed E-state index contributed by atoms with van der Waals surface area (Å²) in [6.45, 7) is 0. The van der Waals surface area contributed by atoms with Crippen LogP contribution in [-0.4, -0.2) is 30.4 Å². The first-order valence-corrected chi connectivity index (χ1v) is 8.90. The summed E-state index contributed by atoms with van der Waals surface area (Å²) in [6.07, 6.45) is 6.67. The van der Waals surface area contributed by atoms with Gasteiger partial charge in [0.05, 0.1) is 11.8 Å². The van der Waals surface area contributed by atoms with E-state index in [1.54, 1.807) is 22.6 Å². The fourth-order valence-electron chi connectivity index (χ4n) is 3.62. The molecule has 0 aromatic carbocycles. The van der Waals surface area contributed by atoms with Crippen molar-refractivity contribution in [1.82, 2.24) is 24.5 Å². The summed E-state index contributed by atoms with van der Waals surface area (Å²) >= 11 is 0. The standard InChI is InChI=1S/C18H17N7O3.ClH/c19-14(26)13-15-22-10(12-4-3-7-27-12)8-11(25(15)9-21-13)16-23-17(24-28-16)18(20)5-1-2-6-18;/h3-4,7-9H,1-2,5-6,20H2,(H2,19,26);1H. The molecule has 4 aromatic rings. The fraction of sp³-hybridized carbons (Fsp3) is 0.278. The summed E-state index contributed by atoms with van der Waals surface area (Å²) in [6, 6.07) is 5.23. The number of carbonyl (C=O) groups excluding carboxylic acids is 1. The zero-order chi connectivity index (χ0) is 19.3. The first-order chi connectivity index (χ1) is 13.5. The van der Waals surface area contributed by atoms with Gasteiger partial charge < -0.3 is 20.4 Å². The molecular formula is C18H18ClN7O3. The summed E-state index contributed by atoms with van der Waals surface area (Å²) in [4.78, 5) is 24.8. The van der Waals surface area contributed by atoms with E-state index in [4.69, 9.17) is 20.4 Å². The van der Waals surface area contributed by atoms with Gasteiger partial charge in [-0.25, -0.2) is 9.97 Å². The number of rotatable bonds is 4. The third-order valence-corrected chi connectivity index (χ3v) is 5.09. The molecule has 4 aromatic heterocycles. The molecule has 0 unspecified atom stereocenters. The molecule has 0 radical (unpaired) electrons. The van der Waals surface area contributed by atoms with Gasteiger partial charge in [-0.05, 0) is 31.0 Å². The van der Waals surface area contributed by atoms with Crippen LogP contribution in [0.15, 0.2) is 39.7 Å². The highest BCUT2D eigenvalue weighted by molar-refractivity contribution is 5.97. The van der Waals surface area contributed by atoms with Crippen molar-refractivity contribution in [3.63, 3.8) is 0 Å². The van der Waals surface area contributed by atoms with Gasteiger partial charge in [0.25, 0.3) is 11.8 Å². The first kappa shape index (κ1) is 19.1. The van der Waals surface area contributed by atoms with Crippen molar-refractivity contribution in [1.29, 1.82) is 0 Å². The Morgan fingerprint density at radius 2 is 2.03 bits per heavy atom. The lowest BCUT2D eigenvalue weighted by atomic mass is 9.99. The number of primary amides is 1. The molecule has 1 aliphatic carbocycles. The largest absolute Gasteiger partial charge is 0.463 e. The summed E-state index contributed by atoms with van der Waals surface area (Å²) in [5.41, 5.74) is 12.6. The number of hydrogen-bond acceptors (Lipinski definition) is 8. The van der Waals surface area contributed by atoms with Gasteiger partial charge in [0, 0.05) is 0 Å². The van der Waals surface area contributed by atoms with Crippen LogP contribution in [0.1, 0.15) is 42.0 Å². The minimum Gasteiger partial charge on any atom is -0.463 e. The predicted octanol–water partition coefficient (Wildman–Crippen LogP) is 2.29. The van der Waals surface area contributed by atoms with Crippen LogP contribution in [0.4, 0.5) is 0 Å². The maximum absolute atomic E-state index is 11.8. The van der Waals surface area contributed by atoms with Gasteiger partial charge in [0.1, 0.15) is 17.7 Å². The number of hydrogen-bond donors (Lipinski definition) is 2. The van der Waals surface area contributed by atoms with Crippen LogP contribution < -0.4 is 11.5 Å². The highest BCUT2D eigenvalue weighted by Crippen LogP contribution is 2.36. The van der Waals surface area contributed by atoms with Crippen LogP contribution in [0, 0.1) is 0 Å². The Bertz CT molecular complexity index is 1180. The number of furan rings is 1. The van der Waals surface area contributed by atoms with Crippen LogP contribution in [0.2, 0.25) is 0 Å². The average molecular weight is 416 g/mol. The van der Waals surface area contributed by atoms with Gasteiger partial charge in [0.15, 0.2) is 22.9 Å². The zero-order valence-electron chi connectivity index (χ0n) is 15.2. The maximum Gasteiger partial charge on any atom is 0.275 e. The SMILES string of the molecule is Cl.NC(=O)c1ncn2c(-c3nc(C4(N)CCCC4)no3)cc(-c3ccco3)nc12. The van der Waals surface area contributed by atoms with Crippen LogP contribution in [0.25, 0.3) is 28.7 Å². The fourth-order valence-corrected chi connectivity index (χ4v) is 3.62. The number of amides is 1. The molecular weight excluding hydrogens is 398 g/mol. The number of fused-ring (bicyclic) bond motifs is 1. The molecule has 0 aliphatic heterocycles. The smallest absolute Gasteiger partial charge is 0.275 e. The highest BCUT2D eigenvalue weighted by Gasteiger charge is 2.36. The van der Waals surface area contributed by atoms with Crippen LogP contribution in [-0.2, 0) is 5.54 Å². The summed E-state index contributed by atoms with van der Waals surface area (Å²) in [7, 11) is 0. The predicted molar refractivity (Wildman–Crippen MR) is 104 cm³/mol. The van der Waals surface area contributed by atoms with E-state index in [-0.39, 0.29) is 29.6 Å². The van der Waals surface area contributed by atoms with Gasteiger partial charge in [-0.3, -0.25) is 9.20 Å². The van der Waals surface area contributed by atoms with Crippen LogP contribution in [0.5, 0.6) is 0 Å². The van der Waals surface area contributed by atoms with Crippen molar-refractivity contribution < 1.29 is 13.7 Å². The molecule has 0 atom stereocenters. The van der Waals surface area contributed by atoms with E-state index in [1.807, 2.05) is 0 Å². The minimum absolute atomic E-state index is 0. The highest BCUT2D eigenvalue weighted by atomic mass is 35.5. The molecule has 4 N–H and O–H groups in total. The Kier molecular flexibility index (Phi) is 4.59. The van der Waals surface area contributed by atoms with E-state index < -0.39 is 11.4 Å². The van der Waals surface area contributed by atoms with Crippen LogP contribution in [0.3, 0.4) is 0 Å². The second kappa shape index (κ2) is 6.98. The number of carbonyl (C=O) groups is 1. The lowest BCUT2D eigenvalue weighted by Gasteiger charge is -2.17. The van der Waals surface area contributed by atoms with Gasteiger partial charge in [-0.15, -0.1) is 12.4 Å². The van der Waals surface area contributed by atoms with Crippen molar-refractivity contribution in [2.75, 3.05) is 0 Å². The summed E-state index contributed by atoms with van der Waals surface area (Å²) in [5.74, 6) is 0.557. The summed E-state index contributed by atoms with van der Waals surface area (Å²) < 4.78 is 12.5. The van der Waals surface area contributed by atoms with Gasteiger partial charge >= 0.3 is 0 Å². The lowest BCUT2D eigenvalue weighted by Crippen LogP contribution is -2.34. The Hall–Kier alpha value is -3.24. The number of aromatic nitrogens is 5. The second-order valence-electron chi connectivity index (χ2n) is 6.94. The van der Waals surface area contributed by atoms with Gasteiger partial charge in [-0.1, -0.05) is 18.0 Å². The Morgan fingerprint density at radius 1 is 1.24 bits per heavy atom. The van der Waals surface area contributed by atoms with Crippen molar-refractivity contribution in [3.05, 3.63) is 42.3 Å². The molecule has 1 saturated carbocycles. The van der Waals surface area contributed by atoms with E-state index in [0.717, 1.165) is 25.7 Å². The zero-order valence-corrected chi connectivity index (χ0v) is 16.1. The van der Waals surface area contributed by atoms with E-state index in [2.05, 4.69) is 20.1 Å². The van der Waals surface area contributed by atoms with Crippen molar-refractivity contribution >= 4 is 24.0 Å². The lowest BCUT2D eigenvalue weighted by molar-refractivity contribution is 0.0997. The molecule has 11 heteroatoms. The number of nitrogens with two attached hydrogens (primary N) is 2. The molecule has 5 rings (SSSR count). The molecule has 150 valence electrons. The Balaban J connectivity index is 0.00000205. The molecule has 1 amide bonds. The maximum atomic E-state index is 11.8. The van der Waals surface area contributed by atoms with E-state index in [1.165, 1.54) is 12.6 Å². The third-order valence-electron chi connectivity index (χ3n) is 5.09. The first-order valence-electron chi connectivity index (χ1n) is 8.90. The molecule has 1 fully saturated rings. The molecule has 10 nitrogen and oxygen atoms in total. The third kappa shape index (κ3) is 3.06. The Labute approximate surface area is 170 Å². The molecule has 4 heterocycles.